The summed E-state index contributed by atoms with van der Waals surface area (Å²) in [6.07, 6.45) is 8.04. The standard InChI is InChI=1S/C84H163N21O15/c1-50(2)43-64(99-73(108)58(30-16-23-37-86)93-71(106)57(92)29-15-22-36-85)77(112)96-61(33-19-26-40-89)75(110)101-69(48-55(11)12)82(117)103-65(44-51(3)4)78(113)95-59(31-17-24-38-87)72(107)94-60(32-18-25-39-88)74(109)100-68(47-54(9)10)81(116)104-66(45-52(5)6)79(114)97-62(34-20-27-41-90)76(111)102-70(49-56(13)14)83(118)105-67(46-53(7)8)80(115)98-63(84(119)120)35-21-28-42-91/h50-70H,15-49,85-92H2,1-14H3,(H,93,106)(H,94,107)(H,95,113)(H,96,112)(H,97,114)(H,98,115)(H,99,108)(H,100,109)(H,101,110)(H,102,111)(H,103,117)(H,104,116)(H,105,118)(H,119,120)/t57-,58-,59-,60-,61-,62-,63-,64-,65-,66-,67-,68-,69-,70-/m0/s1. The summed E-state index contributed by atoms with van der Waals surface area (Å²) in [7, 11) is 0. The Labute approximate surface area is 715 Å². The van der Waals surface area contributed by atoms with E-state index in [2.05, 4.69) is 69.1 Å². The number of carbonyl (C=O) groups excluding carboxylic acids is 13. The van der Waals surface area contributed by atoms with Gasteiger partial charge in [-0.1, -0.05) is 103 Å². The van der Waals surface area contributed by atoms with E-state index in [9.17, 15) is 72.2 Å². The number of aliphatic carboxylic acids is 1. The highest BCUT2D eigenvalue weighted by atomic mass is 16.4. The van der Waals surface area contributed by atoms with Crippen LogP contribution < -0.4 is 115 Å². The Morgan fingerprint density at radius 1 is 0.192 bits per heavy atom. The molecule has 0 aliphatic carbocycles. The van der Waals surface area contributed by atoms with Crippen molar-refractivity contribution in [3.05, 3.63) is 0 Å². The maximum atomic E-state index is 14.9. The minimum atomic E-state index is -1.32. The van der Waals surface area contributed by atoms with Gasteiger partial charge in [0.25, 0.3) is 0 Å². The molecule has 694 valence electrons. The summed E-state index contributed by atoms with van der Waals surface area (Å²) < 4.78 is 0. The predicted molar refractivity (Wildman–Crippen MR) is 467 cm³/mol. The summed E-state index contributed by atoms with van der Waals surface area (Å²) in [4.78, 5) is 200. The van der Waals surface area contributed by atoms with E-state index >= 15 is 0 Å². The van der Waals surface area contributed by atoms with Gasteiger partial charge in [-0.2, -0.15) is 0 Å². The Morgan fingerprint density at radius 2 is 0.317 bits per heavy atom. The molecule has 0 heterocycles. The number of unbranched alkanes of at least 4 members (excludes halogenated alkanes) is 7. The van der Waals surface area contributed by atoms with Gasteiger partial charge in [0.2, 0.25) is 76.8 Å². The lowest BCUT2D eigenvalue weighted by Gasteiger charge is -2.30. The van der Waals surface area contributed by atoms with Crippen molar-refractivity contribution in [3.8, 4) is 0 Å². The Hall–Kier alpha value is -7.74. The fraction of sp³-hybridized carbons (Fsp3) is 0.833. The number of hydrogen-bond acceptors (Lipinski definition) is 22. The summed E-state index contributed by atoms with van der Waals surface area (Å²) in [6.45, 7) is 27.8. The second kappa shape index (κ2) is 64.1. The molecule has 0 rings (SSSR count). The number of carboxylic acid groups (broad SMARTS) is 1. The molecule has 0 spiro atoms. The van der Waals surface area contributed by atoms with E-state index in [1.807, 2.05) is 96.9 Å². The Balaban J connectivity index is 7.36. The van der Waals surface area contributed by atoms with Crippen molar-refractivity contribution in [1.29, 1.82) is 0 Å². The normalized spacial score (nSPS) is 15.1. The van der Waals surface area contributed by atoms with Crippen LogP contribution in [0.2, 0.25) is 0 Å². The second-order valence-electron chi connectivity index (χ2n) is 35.1. The van der Waals surface area contributed by atoms with Gasteiger partial charge >= 0.3 is 5.97 Å². The average Bonchev–Trinajstić information content (AvgIpc) is 0.857. The van der Waals surface area contributed by atoms with Crippen LogP contribution in [0.1, 0.15) is 277 Å². The smallest absolute Gasteiger partial charge is 0.326 e. The highest BCUT2D eigenvalue weighted by molar-refractivity contribution is 6.00. The first-order chi connectivity index (χ1) is 56.6. The van der Waals surface area contributed by atoms with Crippen LogP contribution in [-0.4, -0.2) is 218 Å². The van der Waals surface area contributed by atoms with Crippen molar-refractivity contribution < 1.29 is 72.2 Å². The van der Waals surface area contributed by atoms with Gasteiger partial charge in [0.15, 0.2) is 0 Å². The van der Waals surface area contributed by atoms with Crippen LogP contribution in [0.15, 0.2) is 0 Å². The number of hydrogen-bond donors (Lipinski definition) is 22. The quantitative estimate of drug-likeness (QED) is 0.0377. The Kier molecular flexibility index (Phi) is 60.0. The van der Waals surface area contributed by atoms with E-state index in [0.717, 1.165) is 0 Å². The average molecular weight is 1710 g/mol. The van der Waals surface area contributed by atoms with Gasteiger partial charge in [-0.05, 0) is 261 Å². The van der Waals surface area contributed by atoms with Crippen molar-refractivity contribution >= 4 is 82.8 Å². The molecule has 0 aromatic rings. The van der Waals surface area contributed by atoms with Gasteiger partial charge in [0, 0.05) is 0 Å². The van der Waals surface area contributed by atoms with Crippen molar-refractivity contribution in [2.75, 3.05) is 45.8 Å². The first kappa shape index (κ1) is 112. The number of amides is 13. The highest BCUT2D eigenvalue weighted by Gasteiger charge is 2.39. The molecule has 0 fully saturated rings. The van der Waals surface area contributed by atoms with Gasteiger partial charge in [-0.25, -0.2) is 4.79 Å². The lowest BCUT2D eigenvalue weighted by molar-refractivity contribution is -0.142. The van der Waals surface area contributed by atoms with Crippen LogP contribution in [0.4, 0.5) is 0 Å². The third-order valence-corrected chi connectivity index (χ3v) is 20.1. The maximum absolute atomic E-state index is 14.9. The van der Waals surface area contributed by atoms with Gasteiger partial charge in [0.05, 0.1) is 6.04 Å². The molecule has 0 bridgehead atoms. The molecule has 13 amide bonds. The van der Waals surface area contributed by atoms with Crippen LogP contribution in [-0.2, 0) is 67.1 Å². The summed E-state index contributed by atoms with van der Waals surface area (Å²) in [5, 5.41) is 46.3. The third-order valence-electron chi connectivity index (χ3n) is 20.1. The molecule has 0 aliphatic rings. The molecular weight excluding hydrogens is 1540 g/mol. The molecule has 0 aromatic heterocycles. The molecule has 0 saturated heterocycles. The summed E-state index contributed by atoms with van der Waals surface area (Å²) in [6, 6.07) is -17.1. The zero-order chi connectivity index (χ0) is 91.1. The predicted octanol–water partition coefficient (Wildman–Crippen LogP) is 0.926. The van der Waals surface area contributed by atoms with Crippen LogP contribution >= 0.6 is 0 Å². The topological polar surface area (TPSA) is 624 Å². The van der Waals surface area contributed by atoms with Crippen molar-refractivity contribution in [3.63, 3.8) is 0 Å². The first-order valence-corrected chi connectivity index (χ1v) is 44.5. The van der Waals surface area contributed by atoms with Crippen molar-refractivity contribution in [2.45, 2.75) is 361 Å². The monoisotopic (exact) mass is 1710 g/mol. The van der Waals surface area contributed by atoms with E-state index in [-0.39, 0.29) is 151 Å². The van der Waals surface area contributed by atoms with E-state index in [4.69, 9.17) is 45.9 Å². The number of carboxylic acids is 1. The van der Waals surface area contributed by atoms with Crippen LogP contribution in [0.3, 0.4) is 0 Å². The molecule has 0 radical (unpaired) electrons. The fourth-order valence-corrected chi connectivity index (χ4v) is 13.7. The van der Waals surface area contributed by atoms with Gasteiger partial charge in [-0.3, -0.25) is 62.3 Å². The lowest BCUT2D eigenvalue weighted by atomic mass is 9.98. The third kappa shape index (κ3) is 49.4. The van der Waals surface area contributed by atoms with Crippen LogP contribution in [0.25, 0.3) is 0 Å². The SMILES string of the molecule is CC(C)C[C@H](NC(=O)[C@H](CC(C)C)NC(=O)[C@H](CCCCN)NC(=O)[C@H](CC(C)C)NC(=O)[C@H](CC(C)C)NC(=O)[C@H](CCCCN)NC(=O)[C@H](CCCCN)NC(=O)[C@H](CC(C)C)NC(=O)[C@H](CC(C)C)NC(=O)[C@H](CCCCN)NC(=O)[C@H](CC(C)C)NC(=O)[C@H](CCCCN)NC(=O)[C@@H](N)CCCCN)C(=O)N[C@@H](CCCCN)C(=O)O. The summed E-state index contributed by atoms with van der Waals surface area (Å²) >= 11 is 0. The zero-order valence-corrected chi connectivity index (χ0v) is 75.2. The molecule has 36 nitrogen and oxygen atoms in total. The van der Waals surface area contributed by atoms with Crippen LogP contribution in [0.5, 0.6) is 0 Å². The molecule has 0 saturated carbocycles. The fourth-order valence-electron chi connectivity index (χ4n) is 13.7. The largest absolute Gasteiger partial charge is 0.480 e. The van der Waals surface area contributed by atoms with Crippen LogP contribution in [0, 0.1) is 41.4 Å². The Morgan fingerprint density at radius 3 is 0.467 bits per heavy atom. The highest BCUT2D eigenvalue weighted by Crippen LogP contribution is 2.19. The zero-order valence-electron chi connectivity index (χ0n) is 75.2. The molecule has 0 aliphatic heterocycles. The lowest BCUT2D eigenvalue weighted by Crippen LogP contribution is -2.61. The van der Waals surface area contributed by atoms with E-state index in [0.29, 0.717) is 116 Å². The number of rotatable bonds is 69. The molecule has 120 heavy (non-hydrogen) atoms. The number of nitrogens with one attached hydrogen (secondary N) is 13. The first-order valence-electron chi connectivity index (χ1n) is 44.5. The molecular formula is C84H163N21O15. The minimum Gasteiger partial charge on any atom is -0.480 e. The van der Waals surface area contributed by atoms with Gasteiger partial charge < -0.3 is 120 Å². The molecule has 0 unspecified atom stereocenters. The molecule has 14 atom stereocenters. The number of nitrogens with two attached hydrogens (primary N) is 8. The summed E-state index contributed by atoms with van der Waals surface area (Å²) in [5.41, 5.74) is 46.9. The Bertz CT molecular complexity index is 3040. The van der Waals surface area contributed by atoms with Gasteiger partial charge in [0.1, 0.15) is 78.5 Å². The second-order valence-corrected chi connectivity index (χ2v) is 35.1. The van der Waals surface area contributed by atoms with Crippen molar-refractivity contribution in [1.82, 2.24) is 69.1 Å². The number of carbonyl (C=O) groups is 14. The van der Waals surface area contributed by atoms with Gasteiger partial charge in [-0.15, -0.1) is 0 Å². The van der Waals surface area contributed by atoms with E-state index < -0.39 is 167 Å². The molecule has 30 N–H and O–H groups in total. The van der Waals surface area contributed by atoms with E-state index in [1.165, 1.54) is 0 Å². The molecule has 36 heteroatoms. The van der Waals surface area contributed by atoms with Crippen molar-refractivity contribution in [2.24, 2.45) is 87.3 Å². The summed E-state index contributed by atoms with van der Waals surface area (Å²) in [5.74, 6) is -11.8. The minimum absolute atomic E-state index is 0.0304. The van der Waals surface area contributed by atoms with E-state index in [1.54, 1.807) is 0 Å². The molecule has 0 aromatic carbocycles. The maximum Gasteiger partial charge on any atom is 0.326 e.